The molecule has 0 aliphatic rings. The van der Waals surface area contributed by atoms with Crippen LogP contribution in [-0.2, 0) is 4.79 Å². The van der Waals surface area contributed by atoms with E-state index in [1.807, 2.05) is 30.1 Å². The van der Waals surface area contributed by atoms with Gasteiger partial charge in [-0.25, -0.2) is 4.98 Å². The number of hydrogen-bond donors (Lipinski definition) is 2. The van der Waals surface area contributed by atoms with Crippen LogP contribution < -0.4 is 10.6 Å². The Balaban J connectivity index is 2.49. The number of carbonyl (C=O) groups is 1. The number of carboxylic acids is 1. The fourth-order valence-electron chi connectivity index (χ4n) is 1.31. The summed E-state index contributed by atoms with van der Waals surface area (Å²) in [6.45, 7) is 0.476. The molecule has 0 spiro atoms. The van der Waals surface area contributed by atoms with E-state index in [4.69, 9.17) is 10.8 Å². The van der Waals surface area contributed by atoms with Crippen molar-refractivity contribution in [3.8, 4) is 0 Å². The first-order valence-electron chi connectivity index (χ1n) is 4.69. The third-order valence-corrected chi connectivity index (χ3v) is 1.99. The molecule has 0 aliphatic carbocycles. The van der Waals surface area contributed by atoms with Crippen LogP contribution in [0.1, 0.15) is 6.42 Å². The van der Waals surface area contributed by atoms with Crippen LogP contribution >= 0.6 is 0 Å². The van der Waals surface area contributed by atoms with E-state index in [0.29, 0.717) is 6.54 Å². The van der Waals surface area contributed by atoms with Gasteiger partial charge in [0.05, 0.1) is 6.42 Å². The molecule has 0 saturated heterocycles. The molecular formula is C10H15N3O2. The monoisotopic (exact) mass is 209 g/mol. The standard InChI is InChI=1S/C10H15N3O2/c1-13(7-8(11)6-10(14)15)9-4-2-3-5-12-9/h2-5,8H,6-7,11H2,1H3,(H,14,15). The van der Waals surface area contributed by atoms with E-state index < -0.39 is 5.97 Å². The van der Waals surface area contributed by atoms with E-state index >= 15 is 0 Å². The Morgan fingerprint density at radius 1 is 1.67 bits per heavy atom. The van der Waals surface area contributed by atoms with Crippen molar-refractivity contribution in [1.82, 2.24) is 4.98 Å². The molecule has 0 saturated carbocycles. The number of likely N-dealkylation sites (N-methyl/N-ethyl adjacent to an activating group) is 1. The van der Waals surface area contributed by atoms with Crippen molar-refractivity contribution in [1.29, 1.82) is 0 Å². The van der Waals surface area contributed by atoms with E-state index in [0.717, 1.165) is 5.82 Å². The molecule has 1 aromatic heterocycles. The number of aliphatic carboxylic acids is 1. The predicted octanol–water partition coefficient (Wildman–Crippen LogP) is 0.320. The lowest BCUT2D eigenvalue weighted by Crippen LogP contribution is -2.37. The van der Waals surface area contributed by atoms with Crippen LogP contribution in [0.5, 0.6) is 0 Å². The molecule has 0 aromatic carbocycles. The summed E-state index contributed by atoms with van der Waals surface area (Å²) in [5.74, 6) is -0.0877. The number of rotatable bonds is 5. The van der Waals surface area contributed by atoms with E-state index in [-0.39, 0.29) is 12.5 Å². The highest BCUT2D eigenvalue weighted by Crippen LogP contribution is 2.07. The first kappa shape index (κ1) is 11.5. The first-order chi connectivity index (χ1) is 7.09. The minimum atomic E-state index is -0.878. The summed E-state index contributed by atoms with van der Waals surface area (Å²) in [6, 6.07) is 5.18. The van der Waals surface area contributed by atoms with Crippen LogP contribution in [0.25, 0.3) is 0 Å². The lowest BCUT2D eigenvalue weighted by atomic mass is 10.2. The summed E-state index contributed by atoms with van der Waals surface area (Å²) in [5.41, 5.74) is 5.66. The molecule has 0 aliphatic heterocycles. The van der Waals surface area contributed by atoms with E-state index in [1.54, 1.807) is 6.20 Å². The molecule has 5 heteroatoms. The highest BCUT2D eigenvalue weighted by Gasteiger charge is 2.11. The van der Waals surface area contributed by atoms with Gasteiger partial charge in [0.2, 0.25) is 0 Å². The van der Waals surface area contributed by atoms with E-state index in [2.05, 4.69) is 4.98 Å². The number of carboxylic acid groups (broad SMARTS) is 1. The molecule has 15 heavy (non-hydrogen) atoms. The number of nitrogens with zero attached hydrogens (tertiary/aromatic N) is 2. The van der Waals surface area contributed by atoms with Gasteiger partial charge in [0.15, 0.2) is 0 Å². The van der Waals surface area contributed by atoms with Crippen LogP contribution in [-0.4, -0.2) is 35.7 Å². The van der Waals surface area contributed by atoms with E-state index in [9.17, 15) is 4.79 Å². The van der Waals surface area contributed by atoms with Crippen LogP contribution in [0.4, 0.5) is 5.82 Å². The third kappa shape index (κ3) is 3.95. The van der Waals surface area contributed by atoms with Crippen molar-refractivity contribution in [2.45, 2.75) is 12.5 Å². The number of aromatic nitrogens is 1. The summed E-state index contributed by atoms with van der Waals surface area (Å²) >= 11 is 0. The highest BCUT2D eigenvalue weighted by molar-refractivity contribution is 5.67. The van der Waals surface area contributed by atoms with Gasteiger partial charge in [0.1, 0.15) is 5.82 Å². The van der Waals surface area contributed by atoms with Gasteiger partial charge in [-0.15, -0.1) is 0 Å². The summed E-state index contributed by atoms with van der Waals surface area (Å²) < 4.78 is 0. The number of anilines is 1. The SMILES string of the molecule is CN(CC(N)CC(=O)O)c1ccccn1. The third-order valence-electron chi connectivity index (χ3n) is 1.99. The summed E-state index contributed by atoms with van der Waals surface area (Å²) in [7, 11) is 1.84. The van der Waals surface area contributed by atoms with Crippen LogP contribution in [0.3, 0.4) is 0 Å². The van der Waals surface area contributed by atoms with Gasteiger partial charge >= 0.3 is 5.97 Å². The Labute approximate surface area is 88.5 Å². The molecular weight excluding hydrogens is 194 g/mol. The number of pyridine rings is 1. The molecule has 5 nitrogen and oxygen atoms in total. The zero-order valence-electron chi connectivity index (χ0n) is 8.63. The molecule has 82 valence electrons. The molecule has 0 radical (unpaired) electrons. The fraction of sp³-hybridized carbons (Fsp3) is 0.400. The van der Waals surface area contributed by atoms with Gasteiger partial charge in [0, 0.05) is 25.8 Å². The van der Waals surface area contributed by atoms with Gasteiger partial charge in [-0.3, -0.25) is 4.79 Å². The zero-order valence-corrected chi connectivity index (χ0v) is 8.63. The van der Waals surface area contributed by atoms with Crippen molar-refractivity contribution in [3.05, 3.63) is 24.4 Å². The Hall–Kier alpha value is -1.62. The van der Waals surface area contributed by atoms with E-state index in [1.165, 1.54) is 0 Å². The molecule has 0 amide bonds. The van der Waals surface area contributed by atoms with Gasteiger partial charge in [0.25, 0.3) is 0 Å². The largest absolute Gasteiger partial charge is 0.481 e. The maximum absolute atomic E-state index is 10.4. The second-order valence-corrected chi connectivity index (χ2v) is 3.43. The summed E-state index contributed by atoms with van der Waals surface area (Å²) in [4.78, 5) is 16.4. The van der Waals surface area contributed by atoms with Crippen LogP contribution in [0, 0.1) is 0 Å². The maximum atomic E-state index is 10.4. The first-order valence-corrected chi connectivity index (χ1v) is 4.69. The van der Waals surface area contributed by atoms with Crippen molar-refractivity contribution in [3.63, 3.8) is 0 Å². The van der Waals surface area contributed by atoms with Crippen molar-refractivity contribution >= 4 is 11.8 Å². The minimum absolute atomic E-state index is 0.0306. The molecule has 1 unspecified atom stereocenters. The molecule has 1 rings (SSSR count). The van der Waals surface area contributed by atoms with Gasteiger partial charge in [-0.05, 0) is 12.1 Å². The molecule has 0 bridgehead atoms. The maximum Gasteiger partial charge on any atom is 0.304 e. The summed E-state index contributed by atoms with van der Waals surface area (Å²) in [5, 5.41) is 8.55. The van der Waals surface area contributed by atoms with Gasteiger partial charge in [-0.2, -0.15) is 0 Å². The quantitative estimate of drug-likeness (QED) is 0.730. The number of hydrogen-bond acceptors (Lipinski definition) is 4. The second-order valence-electron chi connectivity index (χ2n) is 3.43. The normalized spacial score (nSPS) is 12.1. The van der Waals surface area contributed by atoms with Crippen molar-refractivity contribution < 1.29 is 9.90 Å². The topological polar surface area (TPSA) is 79.5 Å². The number of nitrogens with two attached hydrogens (primary N) is 1. The second kappa shape index (κ2) is 5.31. The molecule has 1 atom stereocenters. The molecule has 0 fully saturated rings. The van der Waals surface area contributed by atoms with Crippen LogP contribution in [0.2, 0.25) is 0 Å². The Bertz CT molecular complexity index is 316. The minimum Gasteiger partial charge on any atom is -0.481 e. The lowest BCUT2D eigenvalue weighted by molar-refractivity contribution is -0.137. The smallest absolute Gasteiger partial charge is 0.304 e. The summed E-state index contributed by atoms with van der Waals surface area (Å²) in [6.07, 6.45) is 1.66. The lowest BCUT2D eigenvalue weighted by Gasteiger charge is -2.21. The van der Waals surface area contributed by atoms with Crippen molar-refractivity contribution in [2.24, 2.45) is 5.73 Å². The Morgan fingerprint density at radius 3 is 2.93 bits per heavy atom. The predicted molar refractivity (Wildman–Crippen MR) is 57.7 cm³/mol. The van der Waals surface area contributed by atoms with Gasteiger partial charge in [-0.1, -0.05) is 6.07 Å². The molecule has 3 N–H and O–H groups in total. The fourth-order valence-corrected chi connectivity index (χ4v) is 1.31. The zero-order chi connectivity index (χ0) is 11.3. The van der Waals surface area contributed by atoms with Crippen LogP contribution in [0.15, 0.2) is 24.4 Å². The average molecular weight is 209 g/mol. The average Bonchev–Trinajstić information content (AvgIpc) is 2.17. The van der Waals surface area contributed by atoms with Crippen molar-refractivity contribution in [2.75, 3.05) is 18.5 Å². The highest BCUT2D eigenvalue weighted by atomic mass is 16.4. The molecule has 1 heterocycles. The van der Waals surface area contributed by atoms with Gasteiger partial charge < -0.3 is 15.7 Å². The Morgan fingerprint density at radius 2 is 2.40 bits per heavy atom. The molecule has 1 aromatic rings. The Kier molecular flexibility index (Phi) is 4.05.